The fourth-order valence-corrected chi connectivity index (χ4v) is 3.22. The molecule has 1 aromatic rings. The van der Waals surface area contributed by atoms with Crippen LogP contribution in [0.25, 0.3) is 0 Å². The molecule has 0 spiro atoms. The number of phenolic OH excluding ortho intramolecular Hbond substituents is 2. The SMILES string of the molecule is CN1CC[C@H]2Cc3c(ccc(O)c3O)C[C@H]21.O=C(O)C(F)(F)F. The molecule has 0 aromatic heterocycles. The van der Waals surface area contributed by atoms with E-state index in [1.807, 2.05) is 6.07 Å². The van der Waals surface area contributed by atoms with Gasteiger partial charge in [0, 0.05) is 11.6 Å². The topological polar surface area (TPSA) is 81.0 Å². The predicted octanol–water partition coefficient (Wildman–Crippen LogP) is 2.15. The molecule has 128 valence electrons. The van der Waals surface area contributed by atoms with Crippen LogP contribution in [0.15, 0.2) is 12.1 Å². The summed E-state index contributed by atoms with van der Waals surface area (Å²) < 4.78 is 31.7. The van der Waals surface area contributed by atoms with Crippen molar-refractivity contribution >= 4 is 5.97 Å². The van der Waals surface area contributed by atoms with E-state index in [1.165, 1.54) is 12.0 Å². The Balaban J connectivity index is 0.000000236. The zero-order valence-corrected chi connectivity index (χ0v) is 12.5. The summed E-state index contributed by atoms with van der Waals surface area (Å²) in [4.78, 5) is 11.3. The first-order valence-corrected chi connectivity index (χ1v) is 7.14. The summed E-state index contributed by atoms with van der Waals surface area (Å²) >= 11 is 0. The summed E-state index contributed by atoms with van der Waals surface area (Å²) in [5.41, 5.74) is 2.17. The third-order valence-electron chi connectivity index (χ3n) is 4.46. The van der Waals surface area contributed by atoms with Crippen molar-refractivity contribution in [2.45, 2.75) is 31.5 Å². The van der Waals surface area contributed by atoms with Gasteiger partial charge in [-0.3, -0.25) is 0 Å². The van der Waals surface area contributed by atoms with E-state index in [1.54, 1.807) is 6.07 Å². The second-order valence-corrected chi connectivity index (χ2v) is 5.88. The average molecular weight is 333 g/mol. The minimum atomic E-state index is -5.08. The molecule has 3 N–H and O–H groups in total. The minimum absolute atomic E-state index is 0.0172. The monoisotopic (exact) mass is 333 g/mol. The summed E-state index contributed by atoms with van der Waals surface area (Å²) in [5, 5.41) is 26.5. The Morgan fingerprint density at radius 3 is 2.43 bits per heavy atom. The largest absolute Gasteiger partial charge is 0.504 e. The number of carboxylic acid groups (broad SMARTS) is 1. The number of phenols is 2. The first-order chi connectivity index (χ1) is 10.6. The van der Waals surface area contributed by atoms with Crippen molar-refractivity contribution in [2.24, 2.45) is 5.92 Å². The average Bonchev–Trinajstić information content (AvgIpc) is 2.82. The van der Waals surface area contributed by atoms with Gasteiger partial charge < -0.3 is 20.2 Å². The van der Waals surface area contributed by atoms with E-state index in [0.29, 0.717) is 12.0 Å². The second kappa shape index (κ2) is 6.27. The molecule has 0 saturated carbocycles. The molecular formula is C15H18F3NO4. The number of benzene rings is 1. The Bertz CT molecular complexity index is 603. The van der Waals surface area contributed by atoms with Crippen LogP contribution in [0.1, 0.15) is 17.5 Å². The van der Waals surface area contributed by atoms with Gasteiger partial charge in [-0.05, 0) is 50.4 Å². The van der Waals surface area contributed by atoms with Gasteiger partial charge in [0.05, 0.1) is 0 Å². The van der Waals surface area contributed by atoms with E-state index in [9.17, 15) is 23.4 Å². The van der Waals surface area contributed by atoms with Crippen molar-refractivity contribution in [1.29, 1.82) is 0 Å². The van der Waals surface area contributed by atoms with Gasteiger partial charge in [0.2, 0.25) is 0 Å². The smallest absolute Gasteiger partial charge is 0.490 e. The quantitative estimate of drug-likeness (QED) is 0.634. The molecule has 23 heavy (non-hydrogen) atoms. The first kappa shape index (κ1) is 17.4. The van der Waals surface area contributed by atoms with Gasteiger partial charge in [-0.2, -0.15) is 13.2 Å². The molecule has 2 atom stereocenters. The molecule has 8 heteroatoms. The van der Waals surface area contributed by atoms with Crippen molar-refractivity contribution < 1.29 is 33.3 Å². The van der Waals surface area contributed by atoms with E-state index >= 15 is 0 Å². The van der Waals surface area contributed by atoms with Crippen LogP contribution in [-0.2, 0) is 17.6 Å². The van der Waals surface area contributed by atoms with Gasteiger partial charge >= 0.3 is 12.1 Å². The summed E-state index contributed by atoms with van der Waals surface area (Å²) in [6.45, 7) is 1.15. The molecule has 0 amide bonds. The van der Waals surface area contributed by atoms with Crippen LogP contribution in [0.5, 0.6) is 11.5 Å². The molecule has 0 radical (unpaired) electrons. The van der Waals surface area contributed by atoms with E-state index in [-0.39, 0.29) is 11.5 Å². The number of rotatable bonds is 0. The number of carbonyl (C=O) groups is 1. The molecule has 0 unspecified atom stereocenters. The molecule has 2 aliphatic rings. The highest BCUT2D eigenvalue weighted by Gasteiger charge is 2.38. The maximum absolute atomic E-state index is 10.6. The van der Waals surface area contributed by atoms with Crippen molar-refractivity contribution in [3.8, 4) is 11.5 Å². The van der Waals surface area contributed by atoms with Crippen molar-refractivity contribution in [2.75, 3.05) is 13.6 Å². The number of nitrogens with zero attached hydrogens (tertiary/aromatic N) is 1. The zero-order chi connectivity index (χ0) is 17.4. The van der Waals surface area contributed by atoms with Crippen LogP contribution in [0.3, 0.4) is 0 Å². The maximum Gasteiger partial charge on any atom is 0.490 e. The van der Waals surface area contributed by atoms with Crippen molar-refractivity contribution in [1.82, 2.24) is 4.90 Å². The summed E-state index contributed by atoms with van der Waals surface area (Å²) in [6, 6.07) is 4.17. The fraction of sp³-hybridized carbons (Fsp3) is 0.533. The van der Waals surface area contributed by atoms with Crippen LogP contribution < -0.4 is 0 Å². The number of fused-ring (bicyclic) bond motifs is 2. The molecule has 1 heterocycles. The number of carboxylic acids is 1. The van der Waals surface area contributed by atoms with Crippen LogP contribution in [0.4, 0.5) is 13.2 Å². The highest BCUT2D eigenvalue weighted by molar-refractivity contribution is 5.73. The molecule has 0 bridgehead atoms. The molecule has 3 rings (SSSR count). The number of hydrogen-bond acceptors (Lipinski definition) is 4. The molecule has 1 aliphatic heterocycles. The highest BCUT2D eigenvalue weighted by Crippen LogP contribution is 2.41. The lowest BCUT2D eigenvalue weighted by Gasteiger charge is -2.31. The number of alkyl halides is 3. The lowest BCUT2D eigenvalue weighted by Crippen LogP contribution is -2.35. The van der Waals surface area contributed by atoms with Crippen LogP contribution in [-0.4, -0.2) is 52.0 Å². The zero-order valence-electron chi connectivity index (χ0n) is 12.5. The molecule has 1 aromatic carbocycles. The number of hydrogen-bond donors (Lipinski definition) is 3. The first-order valence-electron chi connectivity index (χ1n) is 7.14. The van der Waals surface area contributed by atoms with E-state index < -0.39 is 12.1 Å². The summed E-state index contributed by atoms with van der Waals surface area (Å²) in [7, 11) is 2.18. The maximum atomic E-state index is 10.6. The van der Waals surface area contributed by atoms with Gasteiger partial charge in [-0.1, -0.05) is 6.07 Å². The van der Waals surface area contributed by atoms with Crippen molar-refractivity contribution in [3.63, 3.8) is 0 Å². The lowest BCUT2D eigenvalue weighted by molar-refractivity contribution is -0.192. The molecule has 1 fully saturated rings. The highest BCUT2D eigenvalue weighted by atomic mass is 19.4. The Kier molecular flexibility index (Phi) is 4.74. The summed E-state index contributed by atoms with van der Waals surface area (Å²) in [5.74, 6) is -1.99. The Morgan fingerprint density at radius 1 is 1.26 bits per heavy atom. The van der Waals surface area contributed by atoms with Gasteiger partial charge in [0.1, 0.15) is 0 Å². The van der Waals surface area contributed by atoms with E-state index in [0.717, 1.165) is 24.9 Å². The fourth-order valence-electron chi connectivity index (χ4n) is 3.22. The van der Waals surface area contributed by atoms with Gasteiger partial charge in [0.15, 0.2) is 11.5 Å². The van der Waals surface area contributed by atoms with E-state index in [4.69, 9.17) is 9.90 Å². The van der Waals surface area contributed by atoms with Gasteiger partial charge in [0.25, 0.3) is 0 Å². The van der Waals surface area contributed by atoms with Gasteiger partial charge in [-0.25, -0.2) is 4.79 Å². The number of halogens is 3. The Morgan fingerprint density at radius 2 is 1.87 bits per heavy atom. The lowest BCUT2D eigenvalue weighted by atomic mass is 9.80. The molecule has 1 aliphatic carbocycles. The number of likely N-dealkylation sites (N-methyl/N-ethyl adjacent to an activating group) is 1. The third-order valence-corrected chi connectivity index (χ3v) is 4.46. The summed E-state index contributed by atoms with van der Waals surface area (Å²) in [6.07, 6.45) is -1.97. The van der Waals surface area contributed by atoms with E-state index in [2.05, 4.69) is 11.9 Å². The standard InChI is InChI=1S/C13H17NO2.C2HF3O2/c1-14-5-4-9-6-10-8(7-11(9)14)2-3-12(15)13(10)16;3-2(4,5)1(6)7/h2-3,9,11,15-16H,4-7H2,1H3;(H,6,7)/t9-,11+;/m0./s1. The number of aromatic hydroxyl groups is 2. The minimum Gasteiger partial charge on any atom is -0.504 e. The molecule has 1 saturated heterocycles. The predicted molar refractivity (Wildman–Crippen MR) is 75.4 cm³/mol. The van der Waals surface area contributed by atoms with Crippen LogP contribution >= 0.6 is 0 Å². The van der Waals surface area contributed by atoms with Gasteiger partial charge in [-0.15, -0.1) is 0 Å². The third kappa shape index (κ3) is 3.69. The number of aliphatic carboxylic acids is 1. The number of likely N-dealkylation sites (tertiary alicyclic amines) is 1. The Hall–Kier alpha value is -1.96. The van der Waals surface area contributed by atoms with Crippen LogP contribution in [0, 0.1) is 5.92 Å². The molecular weight excluding hydrogens is 315 g/mol. The van der Waals surface area contributed by atoms with Crippen LogP contribution in [0.2, 0.25) is 0 Å². The molecule has 5 nitrogen and oxygen atoms in total. The second-order valence-electron chi connectivity index (χ2n) is 5.88. The normalized spacial score (nSPS) is 23.5. The van der Waals surface area contributed by atoms with Crippen molar-refractivity contribution in [3.05, 3.63) is 23.3 Å². The Labute approximate surface area is 131 Å².